The van der Waals surface area contributed by atoms with Crippen LogP contribution in [0.2, 0.25) is 0 Å². The third-order valence-corrected chi connectivity index (χ3v) is 5.85. The molecule has 1 aromatic rings. The van der Waals surface area contributed by atoms with Crippen LogP contribution in [0.1, 0.15) is 19.4 Å². The summed E-state index contributed by atoms with van der Waals surface area (Å²) in [6, 6.07) is 7.34. The number of nitrogens with one attached hydrogen (secondary N) is 2. The zero-order valence-corrected chi connectivity index (χ0v) is 21.7. The maximum absolute atomic E-state index is 11.5. The zero-order valence-electron chi connectivity index (χ0n) is 18.6. The number of hydrogen-bond donors (Lipinski definition) is 2. The smallest absolute Gasteiger partial charge is 0.191 e. The molecule has 8 heteroatoms. The van der Waals surface area contributed by atoms with Gasteiger partial charge in [0, 0.05) is 45.5 Å². The van der Waals surface area contributed by atoms with E-state index in [1.165, 1.54) is 6.26 Å². The van der Waals surface area contributed by atoms with E-state index in [9.17, 15) is 8.42 Å². The molecular formula is C22H37IN4O2S. The molecule has 0 saturated carbocycles. The van der Waals surface area contributed by atoms with Crippen LogP contribution in [0.4, 0.5) is 0 Å². The minimum absolute atomic E-state index is 0. The summed E-state index contributed by atoms with van der Waals surface area (Å²) in [5.74, 6) is 1.22. The van der Waals surface area contributed by atoms with Crippen LogP contribution in [0, 0.1) is 5.92 Å². The summed E-state index contributed by atoms with van der Waals surface area (Å²) in [7, 11) is -1.40. The van der Waals surface area contributed by atoms with Gasteiger partial charge >= 0.3 is 0 Å². The lowest BCUT2D eigenvalue weighted by Crippen LogP contribution is -2.49. The molecule has 30 heavy (non-hydrogen) atoms. The standard InChI is InChI=1S/C22H36N4O2S.HI/c1-7-15-26(16-8-2)21(18(3)4)17-25-22(23-5)24-14-13-19-9-11-20(12-10-19)29(6,27)28;/h7-12,18,21H,1-2,13-17H2,3-6H3,(H2,23,24,25);1H. The van der Waals surface area contributed by atoms with Gasteiger partial charge < -0.3 is 10.6 Å². The van der Waals surface area contributed by atoms with E-state index < -0.39 is 9.84 Å². The Bertz CT molecular complexity index is 767. The minimum Gasteiger partial charge on any atom is -0.356 e. The fraction of sp³-hybridized carbons (Fsp3) is 0.500. The number of sulfone groups is 1. The maximum atomic E-state index is 11.5. The van der Waals surface area contributed by atoms with Gasteiger partial charge in [-0.15, -0.1) is 37.1 Å². The average Bonchev–Trinajstić information content (AvgIpc) is 2.66. The van der Waals surface area contributed by atoms with E-state index in [1.807, 2.05) is 24.3 Å². The summed E-state index contributed by atoms with van der Waals surface area (Å²) < 4.78 is 23.1. The molecule has 2 N–H and O–H groups in total. The van der Waals surface area contributed by atoms with Crippen molar-refractivity contribution >= 4 is 39.8 Å². The monoisotopic (exact) mass is 548 g/mol. The molecular weight excluding hydrogens is 511 g/mol. The van der Waals surface area contributed by atoms with Crippen LogP contribution in [-0.4, -0.2) is 64.8 Å². The molecule has 0 heterocycles. The Morgan fingerprint density at radius 2 is 1.70 bits per heavy atom. The second-order valence-corrected chi connectivity index (χ2v) is 9.40. The van der Waals surface area contributed by atoms with Crippen molar-refractivity contribution in [2.24, 2.45) is 10.9 Å². The first kappa shape index (κ1) is 28.6. The molecule has 0 bridgehead atoms. The Hall–Kier alpha value is -1.39. The Morgan fingerprint density at radius 1 is 1.13 bits per heavy atom. The second kappa shape index (κ2) is 14.6. The van der Waals surface area contributed by atoms with Gasteiger partial charge in [-0.3, -0.25) is 9.89 Å². The van der Waals surface area contributed by atoms with Gasteiger partial charge in [-0.25, -0.2) is 8.42 Å². The molecule has 0 fully saturated rings. The highest BCUT2D eigenvalue weighted by atomic mass is 127. The first-order chi connectivity index (χ1) is 13.7. The molecule has 0 spiro atoms. The highest BCUT2D eigenvalue weighted by molar-refractivity contribution is 14.0. The van der Waals surface area contributed by atoms with Crippen LogP contribution in [0.15, 0.2) is 59.5 Å². The summed E-state index contributed by atoms with van der Waals surface area (Å²) >= 11 is 0. The quantitative estimate of drug-likeness (QED) is 0.182. The van der Waals surface area contributed by atoms with Gasteiger partial charge in [0.2, 0.25) is 0 Å². The number of halogens is 1. The number of rotatable bonds is 12. The minimum atomic E-state index is -3.16. The summed E-state index contributed by atoms with van der Waals surface area (Å²) in [5.41, 5.74) is 1.07. The number of guanidine groups is 1. The van der Waals surface area contributed by atoms with Crippen LogP contribution >= 0.6 is 24.0 Å². The third kappa shape index (κ3) is 10.1. The summed E-state index contributed by atoms with van der Waals surface area (Å²) in [4.78, 5) is 6.99. The number of nitrogens with zero attached hydrogens (tertiary/aromatic N) is 2. The van der Waals surface area contributed by atoms with Crippen molar-refractivity contribution in [3.63, 3.8) is 0 Å². The lowest BCUT2D eigenvalue weighted by Gasteiger charge is -2.33. The largest absolute Gasteiger partial charge is 0.356 e. The van der Waals surface area contributed by atoms with Crippen molar-refractivity contribution in [1.29, 1.82) is 0 Å². The van der Waals surface area contributed by atoms with Crippen LogP contribution in [-0.2, 0) is 16.3 Å². The van der Waals surface area contributed by atoms with Crippen LogP contribution in [0.25, 0.3) is 0 Å². The lowest BCUT2D eigenvalue weighted by molar-refractivity contribution is 0.190. The highest BCUT2D eigenvalue weighted by Crippen LogP contribution is 2.11. The van der Waals surface area contributed by atoms with Crippen molar-refractivity contribution in [3.05, 3.63) is 55.1 Å². The molecule has 6 nitrogen and oxygen atoms in total. The normalized spacial score (nSPS) is 12.9. The molecule has 170 valence electrons. The molecule has 0 radical (unpaired) electrons. The Morgan fingerprint density at radius 3 is 2.13 bits per heavy atom. The summed E-state index contributed by atoms with van der Waals surface area (Å²) in [6.07, 6.45) is 5.83. The Kier molecular flexibility index (Phi) is 13.9. The van der Waals surface area contributed by atoms with Crippen molar-refractivity contribution in [3.8, 4) is 0 Å². The fourth-order valence-electron chi connectivity index (χ4n) is 3.11. The molecule has 0 saturated heterocycles. The van der Waals surface area contributed by atoms with Crippen molar-refractivity contribution in [2.45, 2.75) is 31.2 Å². The van der Waals surface area contributed by atoms with Gasteiger partial charge in [-0.1, -0.05) is 38.1 Å². The number of benzene rings is 1. The van der Waals surface area contributed by atoms with E-state index in [-0.39, 0.29) is 24.0 Å². The number of aliphatic imine (C=N–C) groups is 1. The van der Waals surface area contributed by atoms with Gasteiger partial charge in [-0.05, 0) is 30.0 Å². The summed E-state index contributed by atoms with van der Waals surface area (Å²) in [5, 5.41) is 6.73. The van der Waals surface area contributed by atoms with Gasteiger partial charge in [-0.2, -0.15) is 0 Å². The van der Waals surface area contributed by atoms with Gasteiger partial charge in [0.25, 0.3) is 0 Å². The van der Waals surface area contributed by atoms with Crippen molar-refractivity contribution in [1.82, 2.24) is 15.5 Å². The molecule has 0 amide bonds. The van der Waals surface area contributed by atoms with E-state index in [1.54, 1.807) is 19.2 Å². The van der Waals surface area contributed by atoms with E-state index in [2.05, 4.69) is 47.5 Å². The predicted octanol–water partition coefficient (Wildman–Crippen LogP) is 3.11. The number of hydrogen-bond acceptors (Lipinski definition) is 4. The molecule has 0 aliphatic carbocycles. The average molecular weight is 549 g/mol. The third-order valence-electron chi connectivity index (χ3n) is 4.73. The molecule has 0 aliphatic heterocycles. The predicted molar refractivity (Wildman–Crippen MR) is 139 cm³/mol. The molecule has 1 rings (SSSR count). The first-order valence-electron chi connectivity index (χ1n) is 9.92. The molecule has 0 aliphatic rings. The second-order valence-electron chi connectivity index (χ2n) is 7.39. The first-order valence-corrected chi connectivity index (χ1v) is 11.8. The molecule has 1 atom stereocenters. The van der Waals surface area contributed by atoms with Gasteiger partial charge in [0.15, 0.2) is 15.8 Å². The Labute approximate surface area is 199 Å². The molecule has 1 unspecified atom stereocenters. The van der Waals surface area contributed by atoms with Crippen LogP contribution in [0.3, 0.4) is 0 Å². The zero-order chi connectivity index (χ0) is 21.9. The highest BCUT2D eigenvalue weighted by Gasteiger charge is 2.20. The Balaban J connectivity index is 0.00000841. The van der Waals surface area contributed by atoms with E-state index in [4.69, 9.17) is 0 Å². The SMILES string of the molecule is C=CCN(CC=C)C(CNC(=NC)NCCc1ccc(S(C)(=O)=O)cc1)C(C)C.I. The molecule has 0 aromatic heterocycles. The molecule has 1 aromatic carbocycles. The maximum Gasteiger partial charge on any atom is 0.191 e. The topological polar surface area (TPSA) is 73.8 Å². The summed E-state index contributed by atoms with van der Waals surface area (Å²) in [6.45, 7) is 15.2. The van der Waals surface area contributed by atoms with E-state index in [0.717, 1.165) is 37.6 Å². The van der Waals surface area contributed by atoms with Crippen LogP contribution < -0.4 is 10.6 Å². The fourth-order valence-corrected chi connectivity index (χ4v) is 3.74. The lowest BCUT2D eigenvalue weighted by atomic mass is 10.0. The van der Waals surface area contributed by atoms with Gasteiger partial charge in [0.05, 0.1) is 4.90 Å². The van der Waals surface area contributed by atoms with Crippen molar-refractivity contribution in [2.75, 3.05) is 39.5 Å². The van der Waals surface area contributed by atoms with Crippen molar-refractivity contribution < 1.29 is 8.42 Å². The van der Waals surface area contributed by atoms with E-state index in [0.29, 0.717) is 23.4 Å². The van der Waals surface area contributed by atoms with E-state index >= 15 is 0 Å². The van der Waals surface area contributed by atoms with Crippen LogP contribution in [0.5, 0.6) is 0 Å². The van der Waals surface area contributed by atoms with Gasteiger partial charge in [0.1, 0.15) is 0 Å².